The molecule has 0 spiro atoms. The molecule has 0 radical (unpaired) electrons. The summed E-state index contributed by atoms with van der Waals surface area (Å²) in [5.41, 5.74) is 1.07. The molecule has 1 aromatic carbocycles. The highest BCUT2D eigenvalue weighted by Gasteiger charge is 2.04. The Bertz CT molecular complexity index is 509. The lowest BCUT2D eigenvalue weighted by molar-refractivity contribution is -0.134. The second-order valence-electron chi connectivity index (χ2n) is 4.12. The average Bonchev–Trinajstić information content (AvgIpc) is 2.53. The van der Waals surface area contributed by atoms with E-state index in [1.165, 1.54) is 13.2 Å². The van der Waals surface area contributed by atoms with E-state index < -0.39 is 0 Å². The molecule has 114 valence electrons. The van der Waals surface area contributed by atoms with Gasteiger partial charge in [-0.2, -0.15) is 0 Å². The van der Waals surface area contributed by atoms with E-state index >= 15 is 0 Å². The number of hydrogen-bond donors (Lipinski definition) is 1. The molecule has 21 heavy (non-hydrogen) atoms. The number of esters is 1. The van der Waals surface area contributed by atoms with Gasteiger partial charge in [-0.1, -0.05) is 6.08 Å². The highest BCUT2D eigenvalue weighted by atomic mass is 16.5. The Morgan fingerprint density at radius 2 is 2.00 bits per heavy atom. The van der Waals surface area contributed by atoms with E-state index in [-0.39, 0.29) is 5.97 Å². The zero-order valence-electron chi connectivity index (χ0n) is 12.6. The third kappa shape index (κ3) is 6.03. The van der Waals surface area contributed by atoms with E-state index in [0.29, 0.717) is 0 Å². The predicted octanol–water partition coefficient (Wildman–Crippen LogP) is 2.08. The van der Waals surface area contributed by atoms with Crippen molar-refractivity contribution in [2.45, 2.75) is 6.42 Å². The van der Waals surface area contributed by atoms with Gasteiger partial charge in [0.15, 0.2) is 0 Å². The summed E-state index contributed by atoms with van der Waals surface area (Å²) >= 11 is 0. The van der Waals surface area contributed by atoms with Gasteiger partial charge < -0.3 is 19.5 Å². The van der Waals surface area contributed by atoms with Gasteiger partial charge in [-0.05, 0) is 42.5 Å². The molecule has 5 heteroatoms. The molecule has 1 N–H and O–H groups in total. The molecule has 0 bridgehead atoms. The average molecular weight is 291 g/mol. The van der Waals surface area contributed by atoms with Crippen molar-refractivity contribution in [1.29, 1.82) is 0 Å². The van der Waals surface area contributed by atoms with E-state index in [1.54, 1.807) is 32.6 Å². The number of carbonyl (C=O) groups excluding carboxylic acids is 1. The van der Waals surface area contributed by atoms with Crippen molar-refractivity contribution >= 4 is 5.97 Å². The summed E-state index contributed by atoms with van der Waals surface area (Å²) in [4.78, 5) is 10.8. The van der Waals surface area contributed by atoms with E-state index in [0.717, 1.165) is 30.0 Å². The monoisotopic (exact) mass is 291 g/mol. The SMILES string of the molecule is COC(=O)/C=C/C=C/NCCc1cc(OC)ccc1OC. The van der Waals surface area contributed by atoms with Crippen molar-refractivity contribution in [2.24, 2.45) is 0 Å². The summed E-state index contributed by atoms with van der Waals surface area (Å²) in [7, 11) is 4.63. The molecule has 0 saturated carbocycles. The summed E-state index contributed by atoms with van der Waals surface area (Å²) in [5.74, 6) is 1.27. The minimum atomic E-state index is -0.374. The van der Waals surface area contributed by atoms with Gasteiger partial charge in [0.1, 0.15) is 11.5 Å². The van der Waals surface area contributed by atoms with Crippen LogP contribution in [0.15, 0.2) is 42.6 Å². The number of allylic oxidation sites excluding steroid dienone is 2. The summed E-state index contributed by atoms with van der Waals surface area (Å²) < 4.78 is 15.0. The lowest BCUT2D eigenvalue weighted by Crippen LogP contribution is -2.10. The van der Waals surface area contributed by atoms with Gasteiger partial charge in [0.2, 0.25) is 0 Å². The van der Waals surface area contributed by atoms with Crippen molar-refractivity contribution in [3.63, 3.8) is 0 Å². The third-order valence-electron chi connectivity index (χ3n) is 2.78. The van der Waals surface area contributed by atoms with Gasteiger partial charge in [0.25, 0.3) is 0 Å². The molecule has 0 unspecified atom stereocenters. The maximum Gasteiger partial charge on any atom is 0.330 e. The highest BCUT2D eigenvalue weighted by Crippen LogP contribution is 2.23. The van der Waals surface area contributed by atoms with Crippen LogP contribution in [0.25, 0.3) is 0 Å². The first-order valence-corrected chi connectivity index (χ1v) is 6.56. The first-order valence-electron chi connectivity index (χ1n) is 6.56. The summed E-state index contributed by atoms with van der Waals surface area (Å²) in [5, 5.41) is 3.13. The first-order chi connectivity index (χ1) is 10.2. The zero-order chi connectivity index (χ0) is 15.5. The first kappa shape index (κ1) is 16.6. The molecule has 0 aliphatic carbocycles. The molecule has 0 aliphatic rings. The molecule has 5 nitrogen and oxygen atoms in total. The van der Waals surface area contributed by atoms with Gasteiger partial charge in [-0.15, -0.1) is 0 Å². The van der Waals surface area contributed by atoms with Crippen LogP contribution in [0.3, 0.4) is 0 Å². The molecule has 0 heterocycles. The van der Waals surface area contributed by atoms with Crippen LogP contribution >= 0.6 is 0 Å². The molecular weight excluding hydrogens is 270 g/mol. The van der Waals surface area contributed by atoms with Gasteiger partial charge in [-0.25, -0.2) is 4.79 Å². The molecule has 0 atom stereocenters. The zero-order valence-corrected chi connectivity index (χ0v) is 12.6. The smallest absolute Gasteiger partial charge is 0.330 e. The quantitative estimate of drug-likeness (QED) is 0.344. The van der Waals surface area contributed by atoms with E-state index in [1.807, 2.05) is 18.2 Å². The largest absolute Gasteiger partial charge is 0.497 e. The van der Waals surface area contributed by atoms with Crippen LogP contribution in [0.2, 0.25) is 0 Å². The van der Waals surface area contributed by atoms with Crippen LogP contribution < -0.4 is 14.8 Å². The standard InChI is InChI=1S/C16H21NO4/c1-19-14-7-8-15(20-2)13(12-14)9-11-17-10-5-4-6-16(18)21-3/h4-8,10,12,17H,9,11H2,1-3H3/b6-4+,10-5+. The molecule has 1 aromatic rings. The van der Waals surface area contributed by atoms with Crippen LogP contribution in [0.5, 0.6) is 11.5 Å². The molecular formula is C16H21NO4. The van der Waals surface area contributed by atoms with Crippen LogP contribution in [-0.2, 0) is 16.0 Å². The Labute approximate surface area is 125 Å². The molecule has 0 aliphatic heterocycles. The number of carbonyl (C=O) groups is 1. The van der Waals surface area contributed by atoms with Gasteiger partial charge in [0.05, 0.1) is 21.3 Å². The van der Waals surface area contributed by atoms with Crippen molar-refractivity contribution in [3.8, 4) is 11.5 Å². The fourth-order valence-corrected chi connectivity index (χ4v) is 1.69. The minimum Gasteiger partial charge on any atom is -0.497 e. The van der Waals surface area contributed by atoms with E-state index in [4.69, 9.17) is 9.47 Å². The Kier molecular flexibility index (Phi) is 7.50. The van der Waals surface area contributed by atoms with Crippen molar-refractivity contribution in [3.05, 3.63) is 48.2 Å². The minimum absolute atomic E-state index is 0.374. The maximum absolute atomic E-state index is 10.8. The maximum atomic E-state index is 10.8. The van der Waals surface area contributed by atoms with Crippen molar-refractivity contribution < 1.29 is 19.0 Å². The number of ether oxygens (including phenoxy) is 3. The van der Waals surface area contributed by atoms with Crippen LogP contribution in [-0.4, -0.2) is 33.8 Å². The fraction of sp³-hybridized carbons (Fsp3) is 0.312. The molecule has 1 rings (SSSR count). The van der Waals surface area contributed by atoms with Gasteiger partial charge in [0, 0.05) is 12.6 Å². The second-order valence-corrected chi connectivity index (χ2v) is 4.12. The van der Waals surface area contributed by atoms with Crippen LogP contribution in [0.1, 0.15) is 5.56 Å². The Hall–Kier alpha value is -2.43. The van der Waals surface area contributed by atoms with Crippen LogP contribution in [0, 0.1) is 0 Å². The third-order valence-corrected chi connectivity index (χ3v) is 2.78. The highest BCUT2D eigenvalue weighted by molar-refractivity contribution is 5.82. The van der Waals surface area contributed by atoms with Gasteiger partial charge >= 0.3 is 5.97 Å². The normalized spacial score (nSPS) is 10.8. The Balaban J connectivity index is 2.43. The topological polar surface area (TPSA) is 56.8 Å². The lowest BCUT2D eigenvalue weighted by atomic mass is 10.1. The summed E-state index contributed by atoms with van der Waals surface area (Å²) in [6.07, 6.45) is 7.27. The summed E-state index contributed by atoms with van der Waals surface area (Å²) in [6.45, 7) is 0.742. The van der Waals surface area contributed by atoms with Crippen molar-refractivity contribution in [1.82, 2.24) is 5.32 Å². The Morgan fingerprint density at radius 1 is 1.19 bits per heavy atom. The fourth-order valence-electron chi connectivity index (χ4n) is 1.69. The second kappa shape index (κ2) is 9.47. The van der Waals surface area contributed by atoms with Gasteiger partial charge in [-0.3, -0.25) is 0 Å². The number of hydrogen-bond acceptors (Lipinski definition) is 5. The Morgan fingerprint density at radius 3 is 2.67 bits per heavy atom. The molecule has 0 fully saturated rings. The number of methoxy groups -OCH3 is 3. The predicted molar refractivity (Wildman–Crippen MR) is 81.5 cm³/mol. The number of nitrogens with one attached hydrogen (secondary N) is 1. The lowest BCUT2D eigenvalue weighted by Gasteiger charge is -2.10. The van der Waals surface area contributed by atoms with Crippen LogP contribution in [0.4, 0.5) is 0 Å². The summed E-state index contributed by atoms with van der Waals surface area (Å²) in [6, 6.07) is 5.72. The van der Waals surface area contributed by atoms with Crippen molar-refractivity contribution in [2.75, 3.05) is 27.9 Å². The van der Waals surface area contributed by atoms with E-state index in [2.05, 4.69) is 10.1 Å². The molecule has 0 amide bonds. The number of rotatable bonds is 8. The molecule has 0 aromatic heterocycles. The molecule has 0 saturated heterocycles. The number of benzene rings is 1. The van der Waals surface area contributed by atoms with E-state index in [9.17, 15) is 4.79 Å².